The average Bonchev–Trinajstić information content (AvgIpc) is 2.47. The molecule has 0 aliphatic carbocycles. The minimum Gasteiger partial charge on any atom is -0.291 e. The van der Waals surface area contributed by atoms with Gasteiger partial charge in [0.25, 0.3) is 10.1 Å². The highest BCUT2D eigenvalue weighted by molar-refractivity contribution is 9.10. The molecule has 0 spiro atoms. The predicted molar refractivity (Wildman–Crippen MR) is 82.6 cm³/mol. The Morgan fingerprint density at radius 3 is 2.19 bits per heavy atom. The molecule has 2 aromatic rings. The van der Waals surface area contributed by atoms with E-state index in [1.54, 1.807) is 42.5 Å². The molecule has 0 bridgehead atoms. The van der Waals surface area contributed by atoms with Crippen LogP contribution in [0.4, 0.5) is 0 Å². The molecule has 0 saturated carbocycles. The first-order chi connectivity index (χ1) is 9.90. The van der Waals surface area contributed by atoms with E-state index in [2.05, 4.69) is 15.9 Å². The van der Waals surface area contributed by atoms with Crippen molar-refractivity contribution in [3.05, 3.63) is 64.6 Å². The molecule has 0 aliphatic heterocycles. The van der Waals surface area contributed by atoms with Crippen molar-refractivity contribution in [1.29, 1.82) is 0 Å². The first-order valence-electron chi connectivity index (χ1n) is 6.18. The topological polar surface area (TPSA) is 60.4 Å². The van der Waals surface area contributed by atoms with Crippen molar-refractivity contribution in [2.45, 2.75) is 17.9 Å². The highest BCUT2D eigenvalue weighted by atomic mass is 79.9. The zero-order valence-electron chi connectivity index (χ0n) is 11.2. The Hall–Kier alpha value is -1.50. The lowest BCUT2D eigenvalue weighted by molar-refractivity contribution is 0.0826. The van der Waals surface area contributed by atoms with Crippen molar-refractivity contribution >= 4 is 31.8 Å². The second kappa shape index (κ2) is 6.51. The van der Waals surface area contributed by atoms with E-state index in [1.807, 2.05) is 0 Å². The van der Waals surface area contributed by atoms with Crippen LogP contribution >= 0.6 is 15.9 Å². The van der Waals surface area contributed by atoms with Gasteiger partial charge in [-0.05, 0) is 31.2 Å². The highest BCUT2D eigenvalue weighted by Crippen LogP contribution is 2.19. The molecule has 2 aromatic carbocycles. The Morgan fingerprint density at radius 1 is 1.05 bits per heavy atom. The van der Waals surface area contributed by atoms with Gasteiger partial charge in [0, 0.05) is 10.0 Å². The minimum absolute atomic E-state index is 0.0124. The Labute approximate surface area is 132 Å². The van der Waals surface area contributed by atoms with Gasteiger partial charge in [0.05, 0.1) is 4.90 Å². The van der Waals surface area contributed by atoms with E-state index in [0.717, 1.165) is 4.47 Å². The van der Waals surface area contributed by atoms with E-state index < -0.39 is 16.2 Å². The summed E-state index contributed by atoms with van der Waals surface area (Å²) in [7, 11) is -3.97. The van der Waals surface area contributed by atoms with Gasteiger partial charge in [0.15, 0.2) is 5.78 Å². The molecule has 0 heterocycles. The fourth-order valence-electron chi connectivity index (χ4n) is 1.73. The standard InChI is InChI=1S/C15H13BrO4S/c1-11(15(17)12-5-3-2-4-6-12)20-21(18,19)14-9-7-13(16)8-10-14/h2-11H,1H3. The van der Waals surface area contributed by atoms with E-state index in [-0.39, 0.29) is 10.7 Å². The number of hydrogen-bond donors (Lipinski definition) is 0. The summed E-state index contributed by atoms with van der Waals surface area (Å²) < 4.78 is 29.9. The molecular weight excluding hydrogens is 356 g/mol. The van der Waals surface area contributed by atoms with Crippen molar-refractivity contribution < 1.29 is 17.4 Å². The van der Waals surface area contributed by atoms with Crippen molar-refractivity contribution in [1.82, 2.24) is 0 Å². The van der Waals surface area contributed by atoms with Crippen LogP contribution in [0.2, 0.25) is 0 Å². The molecule has 0 fully saturated rings. The van der Waals surface area contributed by atoms with E-state index in [9.17, 15) is 13.2 Å². The van der Waals surface area contributed by atoms with Crippen LogP contribution in [-0.4, -0.2) is 20.3 Å². The molecule has 4 nitrogen and oxygen atoms in total. The van der Waals surface area contributed by atoms with Crippen LogP contribution in [0.5, 0.6) is 0 Å². The molecule has 21 heavy (non-hydrogen) atoms. The van der Waals surface area contributed by atoms with E-state index >= 15 is 0 Å². The number of carbonyl (C=O) groups is 1. The fraction of sp³-hybridized carbons (Fsp3) is 0.133. The summed E-state index contributed by atoms with van der Waals surface area (Å²) in [5.41, 5.74) is 0.413. The molecule has 6 heteroatoms. The largest absolute Gasteiger partial charge is 0.297 e. The maximum absolute atomic E-state index is 12.1. The second-order valence-corrected chi connectivity index (χ2v) is 6.86. The lowest BCUT2D eigenvalue weighted by Crippen LogP contribution is -2.24. The molecule has 0 radical (unpaired) electrons. The van der Waals surface area contributed by atoms with Gasteiger partial charge in [-0.15, -0.1) is 0 Å². The van der Waals surface area contributed by atoms with E-state index in [1.165, 1.54) is 19.1 Å². The van der Waals surface area contributed by atoms with Crippen molar-refractivity contribution in [3.8, 4) is 0 Å². The number of Topliss-reactive ketones (excluding diaryl/α,β-unsaturated/α-hetero) is 1. The van der Waals surface area contributed by atoms with Gasteiger partial charge in [-0.2, -0.15) is 8.42 Å². The Kier molecular flexibility index (Phi) is 4.92. The van der Waals surface area contributed by atoms with Crippen LogP contribution in [0, 0.1) is 0 Å². The molecule has 0 aromatic heterocycles. The summed E-state index contributed by atoms with van der Waals surface area (Å²) in [5, 5.41) is 0. The van der Waals surface area contributed by atoms with Crippen molar-refractivity contribution in [3.63, 3.8) is 0 Å². The summed E-state index contributed by atoms with van der Waals surface area (Å²) in [6, 6.07) is 14.5. The van der Waals surface area contributed by atoms with Gasteiger partial charge in [0.2, 0.25) is 0 Å². The minimum atomic E-state index is -3.97. The Balaban J connectivity index is 2.17. The summed E-state index contributed by atoms with van der Waals surface area (Å²) in [4.78, 5) is 12.1. The Bertz CT molecular complexity index is 724. The molecule has 2 rings (SSSR count). The normalized spacial score (nSPS) is 12.9. The molecule has 0 saturated heterocycles. The molecule has 0 amide bonds. The zero-order chi connectivity index (χ0) is 15.5. The highest BCUT2D eigenvalue weighted by Gasteiger charge is 2.24. The van der Waals surface area contributed by atoms with Crippen LogP contribution in [0.1, 0.15) is 17.3 Å². The molecule has 0 N–H and O–H groups in total. The van der Waals surface area contributed by atoms with Crippen molar-refractivity contribution in [2.24, 2.45) is 0 Å². The summed E-state index contributed by atoms with van der Waals surface area (Å²) >= 11 is 3.23. The Morgan fingerprint density at radius 2 is 1.62 bits per heavy atom. The number of rotatable bonds is 5. The SMILES string of the molecule is CC(OS(=O)(=O)c1ccc(Br)cc1)C(=O)c1ccccc1. The van der Waals surface area contributed by atoms with Crippen LogP contribution < -0.4 is 0 Å². The lowest BCUT2D eigenvalue weighted by atomic mass is 10.1. The smallest absolute Gasteiger partial charge is 0.291 e. The second-order valence-electron chi connectivity index (χ2n) is 4.38. The van der Waals surface area contributed by atoms with Crippen LogP contribution in [0.25, 0.3) is 0 Å². The van der Waals surface area contributed by atoms with Crippen LogP contribution in [-0.2, 0) is 14.3 Å². The number of ketones is 1. The third kappa shape index (κ3) is 4.00. The van der Waals surface area contributed by atoms with Gasteiger partial charge >= 0.3 is 0 Å². The predicted octanol–water partition coefficient (Wildman–Crippen LogP) is 3.43. The number of hydrogen-bond acceptors (Lipinski definition) is 4. The van der Waals surface area contributed by atoms with Gasteiger partial charge in [-0.3, -0.25) is 8.98 Å². The molecule has 1 atom stereocenters. The number of carbonyl (C=O) groups excluding carboxylic acids is 1. The van der Waals surface area contributed by atoms with Gasteiger partial charge in [-0.25, -0.2) is 0 Å². The fourth-order valence-corrected chi connectivity index (χ4v) is 3.04. The maximum Gasteiger partial charge on any atom is 0.297 e. The van der Waals surface area contributed by atoms with Crippen LogP contribution in [0.3, 0.4) is 0 Å². The zero-order valence-corrected chi connectivity index (χ0v) is 13.6. The average molecular weight is 369 g/mol. The maximum atomic E-state index is 12.1. The molecule has 110 valence electrons. The first-order valence-corrected chi connectivity index (χ1v) is 8.38. The summed E-state index contributed by atoms with van der Waals surface area (Å²) in [6.07, 6.45) is -1.08. The monoisotopic (exact) mass is 368 g/mol. The summed E-state index contributed by atoms with van der Waals surface area (Å²) in [5.74, 6) is -0.378. The third-order valence-corrected chi connectivity index (χ3v) is 4.72. The van der Waals surface area contributed by atoms with Gasteiger partial charge in [-0.1, -0.05) is 46.3 Å². The molecule has 0 aliphatic rings. The summed E-state index contributed by atoms with van der Waals surface area (Å²) in [6.45, 7) is 1.42. The third-order valence-electron chi connectivity index (χ3n) is 2.80. The van der Waals surface area contributed by atoms with Crippen LogP contribution in [0.15, 0.2) is 64.0 Å². The quantitative estimate of drug-likeness (QED) is 0.599. The number of halogens is 1. The molecular formula is C15H13BrO4S. The van der Waals surface area contributed by atoms with Crippen molar-refractivity contribution in [2.75, 3.05) is 0 Å². The van der Waals surface area contributed by atoms with E-state index in [4.69, 9.17) is 4.18 Å². The molecule has 1 unspecified atom stereocenters. The number of benzene rings is 2. The van der Waals surface area contributed by atoms with Gasteiger partial charge < -0.3 is 0 Å². The van der Waals surface area contributed by atoms with Gasteiger partial charge in [0.1, 0.15) is 6.10 Å². The first kappa shape index (κ1) is 15.9. The van der Waals surface area contributed by atoms with E-state index in [0.29, 0.717) is 5.56 Å². The lowest BCUT2D eigenvalue weighted by Gasteiger charge is -2.12.